The number of methoxy groups -OCH3 is 1. The summed E-state index contributed by atoms with van der Waals surface area (Å²) in [5.74, 6) is 0.882. The Kier molecular flexibility index (Phi) is 5.09. The summed E-state index contributed by atoms with van der Waals surface area (Å²) in [7, 11) is 1.39. The lowest BCUT2D eigenvalue weighted by atomic mass is 9.78. The minimum atomic E-state index is -0.327. The standard InChI is InChI=1S/C12H22O3/c1-9-4-3-5-10(8-9)11(13)6-7-12(14)15-2/h9-11,13H,3-8H2,1-2H3. The summed E-state index contributed by atoms with van der Waals surface area (Å²) in [6.45, 7) is 2.24. The van der Waals surface area contributed by atoms with Crippen LogP contribution in [0.5, 0.6) is 0 Å². The maximum absolute atomic E-state index is 10.9. The summed E-state index contributed by atoms with van der Waals surface area (Å²) in [5.41, 5.74) is 0. The number of aliphatic hydroxyl groups is 1. The van der Waals surface area contributed by atoms with Crippen LogP contribution in [0.3, 0.4) is 0 Å². The molecule has 1 aliphatic carbocycles. The van der Waals surface area contributed by atoms with Crippen molar-refractivity contribution in [1.82, 2.24) is 0 Å². The largest absolute Gasteiger partial charge is 0.469 e. The molecule has 0 radical (unpaired) electrons. The molecule has 88 valence electrons. The highest BCUT2D eigenvalue weighted by Crippen LogP contribution is 2.32. The van der Waals surface area contributed by atoms with E-state index < -0.39 is 0 Å². The highest BCUT2D eigenvalue weighted by molar-refractivity contribution is 5.69. The van der Waals surface area contributed by atoms with Crippen LogP contribution in [-0.2, 0) is 9.53 Å². The molecule has 1 aliphatic rings. The fourth-order valence-corrected chi connectivity index (χ4v) is 2.43. The van der Waals surface area contributed by atoms with Crippen molar-refractivity contribution >= 4 is 5.97 Å². The molecule has 0 aromatic heterocycles. The molecule has 1 saturated carbocycles. The van der Waals surface area contributed by atoms with Crippen LogP contribution in [0.2, 0.25) is 0 Å². The third-order valence-electron chi connectivity index (χ3n) is 3.39. The van der Waals surface area contributed by atoms with Crippen LogP contribution in [0.4, 0.5) is 0 Å². The minimum Gasteiger partial charge on any atom is -0.469 e. The van der Waals surface area contributed by atoms with Gasteiger partial charge in [0.25, 0.3) is 0 Å². The van der Waals surface area contributed by atoms with E-state index in [4.69, 9.17) is 0 Å². The summed E-state index contributed by atoms with van der Waals surface area (Å²) in [6.07, 6.45) is 5.25. The van der Waals surface area contributed by atoms with Gasteiger partial charge in [0, 0.05) is 6.42 Å². The summed E-state index contributed by atoms with van der Waals surface area (Å²) in [4.78, 5) is 10.9. The van der Waals surface area contributed by atoms with Gasteiger partial charge < -0.3 is 9.84 Å². The summed E-state index contributed by atoms with van der Waals surface area (Å²) >= 11 is 0. The van der Waals surface area contributed by atoms with Crippen molar-refractivity contribution in [2.45, 2.75) is 51.6 Å². The zero-order valence-electron chi connectivity index (χ0n) is 9.74. The van der Waals surface area contributed by atoms with Crippen molar-refractivity contribution in [3.05, 3.63) is 0 Å². The van der Waals surface area contributed by atoms with Crippen molar-refractivity contribution in [3.8, 4) is 0 Å². The average Bonchev–Trinajstić information content (AvgIpc) is 2.25. The smallest absolute Gasteiger partial charge is 0.305 e. The first-order chi connectivity index (χ1) is 7.13. The second-order valence-electron chi connectivity index (χ2n) is 4.71. The van der Waals surface area contributed by atoms with Gasteiger partial charge in [0.15, 0.2) is 0 Å². The zero-order valence-corrected chi connectivity index (χ0v) is 9.74. The number of ether oxygens (including phenoxy) is 1. The van der Waals surface area contributed by atoms with Gasteiger partial charge in [-0.05, 0) is 31.1 Å². The lowest BCUT2D eigenvalue weighted by molar-refractivity contribution is -0.141. The summed E-state index contributed by atoms with van der Waals surface area (Å²) in [6, 6.07) is 0. The molecule has 15 heavy (non-hydrogen) atoms. The fourth-order valence-electron chi connectivity index (χ4n) is 2.43. The zero-order chi connectivity index (χ0) is 11.3. The van der Waals surface area contributed by atoms with Crippen molar-refractivity contribution in [1.29, 1.82) is 0 Å². The molecule has 0 heterocycles. The molecule has 1 rings (SSSR count). The van der Waals surface area contributed by atoms with Gasteiger partial charge in [-0.3, -0.25) is 4.79 Å². The molecule has 0 aromatic rings. The number of carbonyl (C=O) groups is 1. The Morgan fingerprint density at radius 3 is 2.87 bits per heavy atom. The Bertz CT molecular complexity index is 203. The topological polar surface area (TPSA) is 46.5 Å². The molecular formula is C12H22O3. The molecule has 1 fully saturated rings. The predicted octanol–water partition coefficient (Wildman–Crippen LogP) is 2.13. The van der Waals surface area contributed by atoms with Crippen molar-refractivity contribution in [2.75, 3.05) is 7.11 Å². The number of esters is 1. The van der Waals surface area contributed by atoms with Crippen molar-refractivity contribution in [3.63, 3.8) is 0 Å². The van der Waals surface area contributed by atoms with Crippen LogP contribution >= 0.6 is 0 Å². The van der Waals surface area contributed by atoms with E-state index in [1.807, 2.05) is 0 Å². The first-order valence-electron chi connectivity index (χ1n) is 5.88. The Morgan fingerprint density at radius 1 is 1.53 bits per heavy atom. The van der Waals surface area contributed by atoms with Crippen LogP contribution in [0.1, 0.15) is 45.4 Å². The normalized spacial score (nSPS) is 28.5. The average molecular weight is 214 g/mol. The summed E-state index contributed by atoms with van der Waals surface area (Å²) in [5, 5.41) is 9.93. The predicted molar refractivity (Wildman–Crippen MR) is 58.4 cm³/mol. The van der Waals surface area contributed by atoms with Crippen LogP contribution in [0, 0.1) is 11.8 Å². The number of hydrogen-bond acceptors (Lipinski definition) is 3. The summed E-state index contributed by atoms with van der Waals surface area (Å²) < 4.78 is 4.56. The molecule has 0 saturated heterocycles. The van der Waals surface area contributed by atoms with Gasteiger partial charge in [0.2, 0.25) is 0 Å². The number of hydrogen-bond donors (Lipinski definition) is 1. The van der Waals surface area contributed by atoms with Crippen LogP contribution < -0.4 is 0 Å². The van der Waals surface area contributed by atoms with E-state index in [2.05, 4.69) is 11.7 Å². The van der Waals surface area contributed by atoms with Gasteiger partial charge in [0.05, 0.1) is 13.2 Å². The maximum atomic E-state index is 10.9. The SMILES string of the molecule is COC(=O)CCC(O)C1CCCC(C)C1. The van der Waals surface area contributed by atoms with Gasteiger partial charge in [-0.25, -0.2) is 0 Å². The molecule has 0 aromatic carbocycles. The van der Waals surface area contributed by atoms with Gasteiger partial charge in [-0.2, -0.15) is 0 Å². The third-order valence-corrected chi connectivity index (χ3v) is 3.39. The van der Waals surface area contributed by atoms with Crippen LogP contribution in [0.15, 0.2) is 0 Å². The second-order valence-corrected chi connectivity index (χ2v) is 4.71. The van der Waals surface area contributed by atoms with E-state index in [1.165, 1.54) is 20.0 Å². The first-order valence-corrected chi connectivity index (χ1v) is 5.88. The maximum Gasteiger partial charge on any atom is 0.305 e. The van der Waals surface area contributed by atoms with E-state index in [1.54, 1.807) is 0 Å². The molecule has 3 heteroatoms. The monoisotopic (exact) mass is 214 g/mol. The van der Waals surface area contributed by atoms with E-state index in [-0.39, 0.29) is 12.1 Å². The van der Waals surface area contributed by atoms with Gasteiger partial charge >= 0.3 is 5.97 Å². The van der Waals surface area contributed by atoms with E-state index in [0.29, 0.717) is 18.8 Å². The van der Waals surface area contributed by atoms with E-state index in [0.717, 1.165) is 18.8 Å². The lowest BCUT2D eigenvalue weighted by Crippen LogP contribution is -2.26. The minimum absolute atomic E-state index is 0.224. The number of rotatable bonds is 4. The molecule has 3 nitrogen and oxygen atoms in total. The number of carbonyl (C=O) groups excluding carboxylic acids is 1. The molecule has 3 unspecified atom stereocenters. The Labute approximate surface area is 91.8 Å². The van der Waals surface area contributed by atoms with Gasteiger partial charge in [0.1, 0.15) is 0 Å². The Hall–Kier alpha value is -0.570. The van der Waals surface area contributed by atoms with E-state index >= 15 is 0 Å². The highest BCUT2D eigenvalue weighted by Gasteiger charge is 2.25. The quantitative estimate of drug-likeness (QED) is 0.729. The van der Waals surface area contributed by atoms with Crippen LogP contribution in [0.25, 0.3) is 0 Å². The molecule has 0 bridgehead atoms. The number of aliphatic hydroxyl groups excluding tert-OH is 1. The molecule has 0 aliphatic heterocycles. The molecule has 0 spiro atoms. The highest BCUT2D eigenvalue weighted by atomic mass is 16.5. The van der Waals surface area contributed by atoms with E-state index in [9.17, 15) is 9.90 Å². The third kappa shape index (κ3) is 4.20. The van der Waals surface area contributed by atoms with Gasteiger partial charge in [-0.1, -0.05) is 19.8 Å². The van der Waals surface area contributed by atoms with Crippen LogP contribution in [-0.4, -0.2) is 24.3 Å². The lowest BCUT2D eigenvalue weighted by Gasteiger charge is -2.30. The molecule has 1 N–H and O–H groups in total. The van der Waals surface area contributed by atoms with Gasteiger partial charge in [-0.15, -0.1) is 0 Å². The Balaban J connectivity index is 2.26. The first kappa shape index (κ1) is 12.5. The fraction of sp³-hybridized carbons (Fsp3) is 0.917. The molecule has 0 amide bonds. The molecule has 3 atom stereocenters. The second kappa shape index (κ2) is 6.11. The van der Waals surface area contributed by atoms with Crippen molar-refractivity contribution < 1.29 is 14.6 Å². The molecular weight excluding hydrogens is 192 g/mol. The Morgan fingerprint density at radius 2 is 2.27 bits per heavy atom. The van der Waals surface area contributed by atoms with Crippen molar-refractivity contribution in [2.24, 2.45) is 11.8 Å².